The normalized spacial score (nSPS) is 13.4. The standard InChI is InChI=1S/C29H48N2/c1-3-5-7-8-9-10-11-12-13-14-18-22-29(31-24-23-30-26-31)28(21-6-4-2)25-27-19-16-15-17-20-27/h15-17,19-20,23-24,26,28-29H,3-14,18,21-22,25H2,1-2H3/p+1. The number of imidazole rings is 1. The van der Waals surface area contributed by atoms with Gasteiger partial charge < -0.3 is 0 Å². The largest absolute Gasteiger partial charge is 0.250 e. The second kappa shape index (κ2) is 17.0. The van der Waals surface area contributed by atoms with Crippen LogP contribution in [0.1, 0.15) is 122 Å². The summed E-state index contributed by atoms with van der Waals surface area (Å²) < 4.78 is 2.46. The summed E-state index contributed by atoms with van der Waals surface area (Å²) in [6.45, 7) is 4.62. The van der Waals surface area contributed by atoms with Gasteiger partial charge in [-0.1, -0.05) is 121 Å². The first-order valence-corrected chi connectivity index (χ1v) is 13.4. The molecule has 2 nitrogen and oxygen atoms in total. The highest BCUT2D eigenvalue weighted by Gasteiger charge is 2.26. The van der Waals surface area contributed by atoms with Crippen molar-refractivity contribution in [1.29, 1.82) is 0 Å². The first-order chi connectivity index (χ1) is 15.3. The fourth-order valence-electron chi connectivity index (χ4n) is 4.97. The summed E-state index contributed by atoms with van der Waals surface area (Å²) in [6, 6.07) is 11.7. The highest BCUT2D eigenvalue weighted by atomic mass is 15.1. The Labute approximate surface area is 192 Å². The SMILES string of the molecule is CCCCCCCCCCCCCC(C(CCCC)Cc1ccccc1)[n+]1cc[nH]c1. The molecule has 0 saturated heterocycles. The minimum Gasteiger partial charge on any atom is -0.250 e. The first-order valence-electron chi connectivity index (χ1n) is 13.4. The van der Waals surface area contributed by atoms with E-state index in [0.29, 0.717) is 12.0 Å². The molecule has 0 aliphatic carbocycles. The minimum atomic E-state index is 0.608. The molecule has 0 amide bonds. The minimum absolute atomic E-state index is 0.608. The van der Waals surface area contributed by atoms with Gasteiger partial charge in [-0.2, -0.15) is 0 Å². The van der Waals surface area contributed by atoms with Gasteiger partial charge in [-0.15, -0.1) is 0 Å². The van der Waals surface area contributed by atoms with Gasteiger partial charge in [-0.3, -0.25) is 4.98 Å². The van der Waals surface area contributed by atoms with Gasteiger partial charge in [0.25, 0.3) is 0 Å². The number of aromatic amines is 1. The second-order valence-corrected chi connectivity index (χ2v) is 9.54. The van der Waals surface area contributed by atoms with Gasteiger partial charge >= 0.3 is 0 Å². The molecular weight excluding hydrogens is 376 g/mol. The van der Waals surface area contributed by atoms with Crippen LogP contribution in [-0.4, -0.2) is 4.98 Å². The number of nitrogens with zero attached hydrogens (tertiary/aromatic N) is 1. The zero-order valence-corrected chi connectivity index (χ0v) is 20.5. The molecular formula is C29H49N2+. The lowest BCUT2D eigenvalue weighted by Gasteiger charge is -2.25. The number of unbranched alkanes of at least 4 members (excludes halogenated alkanes) is 11. The van der Waals surface area contributed by atoms with Crippen molar-refractivity contribution in [2.75, 3.05) is 0 Å². The second-order valence-electron chi connectivity index (χ2n) is 9.54. The van der Waals surface area contributed by atoms with Gasteiger partial charge in [0.05, 0.1) is 0 Å². The first kappa shape index (κ1) is 25.7. The van der Waals surface area contributed by atoms with E-state index < -0.39 is 0 Å². The van der Waals surface area contributed by atoms with E-state index in [9.17, 15) is 0 Å². The summed E-state index contributed by atoms with van der Waals surface area (Å²) in [4.78, 5) is 3.29. The molecule has 0 aliphatic heterocycles. The summed E-state index contributed by atoms with van der Waals surface area (Å²) in [5.41, 5.74) is 1.49. The van der Waals surface area contributed by atoms with Crippen molar-refractivity contribution < 1.29 is 4.57 Å². The topological polar surface area (TPSA) is 19.7 Å². The number of benzene rings is 1. The van der Waals surface area contributed by atoms with Gasteiger partial charge in [-0.25, -0.2) is 4.57 Å². The molecule has 0 spiro atoms. The summed E-state index contributed by atoms with van der Waals surface area (Å²) in [7, 11) is 0. The molecule has 2 aromatic rings. The lowest BCUT2D eigenvalue weighted by Crippen LogP contribution is -2.42. The molecule has 31 heavy (non-hydrogen) atoms. The van der Waals surface area contributed by atoms with Crippen molar-refractivity contribution in [3.63, 3.8) is 0 Å². The zero-order valence-electron chi connectivity index (χ0n) is 20.5. The molecule has 0 bridgehead atoms. The molecule has 0 radical (unpaired) electrons. The third-order valence-corrected chi connectivity index (χ3v) is 6.87. The number of hydrogen-bond acceptors (Lipinski definition) is 0. The quantitative estimate of drug-likeness (QED) is 0.172. The number of hydrogen-bond donors (Lipinski definition) is 1. The molecule has 1 aromatic heterocycles. The lowest BCUT2D eigenvalue weighted by atomic mass is 9.85. The number of aromatic nitrogens is 2. The summed E-state index contributed by atoms with van der Waals surface area (Å²) >= 11 is 0. The van der Waals surface area contributed by atoms with Crippen LogP contribution in [0.2, 0.25) is 0 Å². The van der Waals surface area contributed by atoms with Gasteiger partial charge in [0.1, 0.15) is 18.4 Å². The van der Waals surface area contributed by atoms with E-state index >= 15 is 0 Å². The highest BCUT2D eigenvalue weighted by Crippen LogP contribution is 2.28. The van der Waals surface area contributed by atoms with E-state index in [2.05, 4.69) is 72.5 Å². The molecule has 1 N–H and O–H groups in total. The third-order valence-electron chi connectivity index (χ3n) is 6.87. The Bertz CT molecular complexity index is 619. The Morgan fingerprint density at radius 2 is 1.32 bits per heavy atom. The van der Waals surface area contributed by atoms with Crippen LogP contribution in [-0.2, 0) is 6.42 Å². The highest BCUT2D eigenvalue weighted by molar-refractivity contribution is 5.15. The average Bonchev–Trinajstić information content (AvgIpc) is 3.33. The van der Waals surface area contributed by atoms with Crippen molar-refractivity contribution >= 4 is 0 Å². The predicted molar refractivity (Wildman–Crippen MR) is 134 cm³/mol. The van der Waals surface area contributed by atoms with E-state index in [-0.39, 0.29) is 0 Å². The predicted octanol–water partition coefficient (Wildman–Crippen LogP) is 8.59. The Hall–Kier alpha value is -1.57. The van der Waals surface area contributed by atoms with Gasteiger partial charge in [0.2, 0.25) is 6.33 Å². The van der Waals surface area contributed by atoms with Crippen LogP contribution in [0.5, 0.6) is 0 Å². The van der Waals surface area contributed by atoms with E-state index in [1.807, 2.05) is 0 Å². The fraction of sp³-hybridized carbons (Fsp3) is 0.690. The Morgan fingerprint density at radius 3 is 1.90 bits per heavy atom. The van der Waals surface area contributed by atoms with Crippen molar-refractivity contribution in [3.05, 3.63) is 54.6 Å². The lowest BCUT2D eigenvalue weighted by molar-refractivity contribution is -0.730. The third kappa shape index (κ3) is 11.0. The average molecular weight is 426 g/mol. The molecule has 2 heteroatoms. The van der Waals surface area contributed by atoms with Crippen molar-refractivity contribution in [2.45, 2.75) is 123 Å². The van der Waals surface area contributed by atoms with Crippen LogP contribution in [0.4, 0.5) is 0 Å². The maximum Gasteiger partial charge on any atom is 0.241 e. The smallest absolute Gasteiger partial charge is 0.241 e. The van der Waals surface area contributed by atoms with E-state index in [1.54, 1.807) is 0 Å². The molecule has 0 aliphatic rings. The monoisotopic (exact) mass is 425 g/mol. The van der Waals surface area contributed by atoms with E-state index in [4.69, 9.17) is 0 Å². The van der Waals surface area contributed by atoms with Crippen LogP contribution in [0.3, 0.4) is 0 Å². The van der Waals surface area contributed by atoms with E-state index in [0.717, 1.165) is 0 Å². The van der Waals surface area contributed by atoms with Crippen LogP contribution >= 0.6 is 0 Å². The summed E-state index contributed by atoms with van der Waals surface area (Å²) in [5, 5.41) is 0. The Kier molecular flexibility index (Phi) is 14.1. The molecule has 1 heterocycles. The molecule has 174 valence electrons. The van der Waals surface area contributed by atoms with Crippen molar-refractivity contribution in [1.82, 2.24) is 4.98 Å². The van der Waals surface area contributed by atoms with Gasteiger partial charge in [-0.05, 0) is 31.2 Å². The maximum atomic E-state index is 3.29. The Balaban J connectivity index is 1.77. The van der Waals surface area contributed by atoms with Crippen LogP contribution < -0.4 is 4.57 Å². The van der Waals surface area contributed by atoms with Gasteiger partial charge in [0, 0.05) is 5.92 Å². The molecule has 0 saturated carbocycles. The number of rotatable bonds is 19. The number of nitrogens with one attached hydrogen (secondary N) is 1. The summed E-state index contributed by atoms with van der Waals surface area (Å²) in [6.07, 6.45) is 28.5. The molecule has 2 unspecified atom stereocenters. The maximum absolute atomic E-state index is 3.29. The van der Waals surface area contributed by atoms with Crippen LogP contribution in [0, 0.1) is 5.92 Å². The number of H-pyrrole nitrogens is 1. The molecule has 0 fully saturated rings. The zero-order chi connectivity index (χ0) is 22.0. The summed E-state index contributed by atoms with van der Waals surface area (Å²) in [5.74, 6) is 0.714. The van der Waals surface area contributed by atoms with Crippen LogP contribution in [0.15, 0.2) is 49.1 Å². The fourth-order valence-corrected chi connectivity index (χ4v) is 4.97. The van der Waals surface area contributed by atoms with Crippen LogP contribution in [0.25, 0.3) is 0 Å². The molecule has 2 rings (SSSR count). The molecule has 2 atom stereocenters. The van der Waals surface area contributed by atoms with Gasteiger partial charge in [0.15, 0.2) is 0 Å². The van der Waals surface area contributed by atoms with E-state index in [1.165, 1.54) is 108 Å². The van der Waals surface area contributed by atoms with Crippen molar-refractivity contribution in [3.8, 4) is 0 Å². The Morgan fingerprint density at radius 1 is 0.710 bits per heavy atom. The molecule has 1 aromatic carbocycles. The van der Waals surface area contributed by atoms with Crippen molar-refractivity contribution in [2.24, 2.45) is 5.92 Å².